The molecule has 0 spiro atoms. The molecule has 0 saturated carbocycles. The highest BCUT2D eigenvalue weighted by Gasteiger charge is 2.21. The van der Waals surface area contributed by atoms with Gasteiger partial charge in [0.2, 0.25) is 0 Å². The largest absolute Gasteiger partial charge is 0.480 e. The Morgan fingerprint density at radius 3 is 2.45 bits per heavy atom. The van der Waals surface area contributed by atoms with E-state index in [4.69, 9.17) is 9.84 Å². The lowest BCUT2D eigenvalue weighted by atomic mass is 10.3. The van der Waals surface area contributed by atoms with Crippen molar-refractivity contribution in [1.29, 1.82) is 0 Å². The fourth-order valence-corrected chi connectivity index (χ4v) is 1.66. The molecule has 0 fully saturated rings. The van der Waals surface area contributed by atoms with Gasteiger partial charge < -0.3 is 14.7 Å². The van der Waals surface area contributed by atoms with E-state index >= 15 is 0 Å². The zero-order chi connectivity index (χ0) is 15.0. The second-order valence-corrected chi connectivity index (χ2v) is 4.22. The molecule has 1 aromatic rings. The second kappa shape index (κ2) is 8.16. The summed E-state index contributed by atoms with van der Waals surface area (Å²) in [6.07, 6.45) is 0. The summed E-state index contributed by atoms with van der Waals surface area (Å²) in [6, 6.07) is 8.38. The van der Waals surface area contributed by atoms with Gasteiger partial charge >= 0.3 is 12.0 Å². The smallest absolute Gasteiger partial charge is 0.324 e. The van der Waals surface area contributed by atoms with Gasteiger partial charge in [0.1, 0.15) is 6.54 Å². The highest BCUT2D eigenvalue weighted by molar-refractivity contribution is 5.96. The van der Waals surface area contributed by atoms with Crippen molar-refractivity contribution in [2.45, 2.75) is 6.92 Å². The third-order valence-corrected chi connectivity index (χ3v) is 2.69. The second-order valence-electron chi connectivity index (χ2n) is 4.22. The molecular formula is C14H20N2O4. The molecule has 0 radical (unpaired) electrons. The van der Waals surface area contributed by atoms with E-state index in [1.54, 1.807) is 31.3 Å². The van der Waals surface area contributed by atoms with Crippen LogP contribution in [0, 0.1) is 0 Å². The molecule has 2 amide bonds. The first kappa shape index (κ1) is 16.0. The summed E-state index contributed by atoms with van der Waals surface area (Å²) in [5, 5.41) is 8.95. The Bertz CT molecular complexity index is 436. The number of nitrogens with zero attached hydrogens (tertiary/aromatic N) is 2. The van der Waals surface area contributed by atoms with E-state index in [0.717, 1.165) is 0 Å². The lowest BCUT2D eigenvalue weighted by Crippen LogP contribution is -2.45. The third kappa shape index (κ3) is 4.89. The van der Waals surface area contributed by atoms with Gasteiger partial charge in [0, 0.05) is 25.9 Å². The van der Waals surface area contributed by atoms with Gasteiger partial charge in [-0.3, -0.25) is 9.69 Å². The van der Waals surface area contributed by atoms with Crippen molar-refractivity contribution in [2.75, 3.05) is 38.3 Å². The van der Waals surface area contributed by atoms with Gasteiger partial charge in [-0.15, -0.1) is 0 Å². The van der Waals surface area contributed by atoms with Crippen LogP contribution in [-0.4, -0.2) is 55.4 Å². The SMILES string of the molecule is CCOCCN(C)C(=O)N(CC(=O)O)c1ccccc1. The van der Waals surface area contributed by atoms with E-state index in [2.05, 4.69) is 0 Å². The summed E-state index contributed by atoms with van der Waals surface area (Å²) in [7, 11) is 1.62. The van der Waals surface area contributed by atoms with Gasteiger partial charge in [-0.1, -0.05) is 18.2 Å². The molecule has 6 heteroatoms. The number of urea groups is 1. The van der Waals surface area contributed by atoms with Crippen LogP contribution in [0.15, 0.2) is 30.3 Å². The standard InChI is InChI=1S/C14H20N2O4/c1-3-20-10-9-15(2)14(19)16(11-13(17)18)12-7-5-4-6-8-12/h4-8H,3,9-11H2,1-2H3,(H,17,18). The van der Waals surface area contributed by atoms with Crippen molar-refractivity contribution >= 4 is 17.7 Å². The Hall–Kier alpha value is -2.08. The summed E-state index contributed by atoms with van der Waals surface area (Å²) in [4.78, 5) is 25.9. The Balaban J connectivity index is 2.77. The molecular weight excluding hydrogens is 260 g/mol. The molecule has 0 aliphatic carbocycles. The molecule has 1 N–H and O–H groups in total. The van der Waals surface area contributed by atoms with Crippen LogP contribution in [-0.2, 0) is 9.53 Å². The maximum Gasteiger partial charge on any atom is 0.324 e. The number of ether oxygens (including phenoxy) is 1. The van der Waals surface area contributed by atoms with Crippen molar-refractivity contribution in [3.05, 3.63) is 30.3 Å². The predicted molar refractivity (Wildman–Crippen MR) is 75.9 cm³/mol. The van der Waals surface area contributed by atoms with Crippen LogP contribution in [0.5, 0.6) is 0 Å². The maximum absolute atomic E-state index is 12.3. The van der Waals surface area contributed by atoms with Crippen molar-refractivity contribution in [3.8, 4) is 0 Å². The number of amides is 2. The highest BCUT2D eigenvalue weighted by atomic mass is 16.5. The fraction of sp³-hybridized carbons (Fsp3) is 0.429. The fourth-order valence-electron chi connectivity index (χ4n) is 1.66. The van der Waals surface area contributed by atoms with Gasteiger partial charge in [0.15, 0.2) is 0 Å². The zero-order valence-corrected chi connectivity index (χ0v) is 11.8. The Kier molecular flexibility index (Phi) is 6.52. The normalized spacial score (nSPS) is 10.1. The minimum absolute atomic E-state index is 0.363. The Morgan fingerprint density at radius 1 is 1.25 bits per heavy atom. The number of anilines is 1. The van der Waals surface area contributed by atoms with E-state index in [1.165, 1.54) is 9.80 Å². The molecule has 0 saturated heterocycles. The van der Waals surface area contributed by atoms with Crippen LogP contribution in [0.4, 0.5) is 10.5 Å². The van der Waals surface area contributed by atoms with Crippen molar-refractivity contribution in [3.63, 3.8) is 0 Å². The zero-order valence-electron chi connectivity index (χ0n) is 11.8. The molecule has 1 rings (SSSR count). The van der Waals surface area contributed by atoms with Gasteiger partial charge in [0.25, 0.3) is 0 Å². The lowest BCUT2D eigenvalue weighted by molar-refractivity contribution is -0.135. The quantitative estimate of drug-likeness (QED) is 0.771. The third-order valence-electron chi connectivity index (χ3n) is 2.69. The van der Waals surface area contributed by atoms with Crippen molar-refractivity contribution < 1.29 is 19.4 Å². The van der Waals surface area contributed by atoms with E-state index in [1.807, 2.05) is 13.0 Å². The van der Waals surface area contributed by atoms with Gasteiger partial charge in [0.05, 0.1) is 6.61 Å². The molecule has 0 aromatic heterocycles. The number of aliphatic carboxylic acids is 1. The van der Waals surface area contributed by atoms with Crippen LogP contribution in [0.25, 0.3) is 0 Å². The van der Waals surface area contributed by atoms with Crippen molar-refractivity contribution in [2.24, 2.45) is 0 Å². The van der Waals surface area contributed by atoms with Gasteiger partial charge in [-0.05, 0) is 19.1 Å². The first-order chi connectivity index (χ1) is 9.56. The summed E-state index contributed by atoms with van der Waals surface area (Å²) in [5.74, 6) is -1.06. The molecule has 6 nitrogen and oxygen atoms in total. The number of para-hydroxylation sites is 1. The number of rotatable bonds is 7. The van der Waals surface area contributed by atoms with Gasteiger partial charge in [-0.2, -0.15) is 0 Å². The molecule has 0 bridgehead atoms. The van der Waals surface area contributed by atoms with Crippen LogP contribution >= 0.6 is 0 Å². The average Bonchev–Trinajstić information content (AvgIpc) is 2.45. The molecule has 0 aliphatic rings. The molecule has 0 heterocycles. The van der Waals surface area contributed by atoms with Crippen molar-refractivity contribution in [1.82, 2.24) is 4.90 Å². The molecule has 110 valence electrons. The number of hydrogen-bond acceptors (Lipinski definition) is 3. The molecule has 1 aromatic carbocycles. The summed E-state index contributed by atoms with van der Waals surface area (Å²) in [6.45, 7) is 2.92. The lowest BCUT2D eigenvalue weighted by Gasteiger charge is -2.27. The molecule has 0 aliphatic heterocycles. The summed E-state index contributed by atoms with van der Waals surface area (Å²) in [5.41, 5.74) is 0.558. The Labute approximate surface area is 118 Å². The number of hydrogen-bond donors (Lipinski definition) is 1. The number of carboxylic acid groups (broad SMARTS) is 1. The first-order valence-corrected chi connectivity index (χ1v) is 6.43. The predicted octanol–water partition coefficient (Wildman–Crippen LogP) is 1.67. The minimum atomic E-state index is -1.06. The summed E-state index contributed by atoms with van der Waals surface area (Å²) >= 11 is 0. The molecule has 0 atom stereocenters. The number of carbonyl (C=O) groups excluding carboxylic acids is 1. The molecule has 20 heavy (non-hydrogen) atoms. The topological polar surface area (TPSA) is 70.1 Å². The number of benzene rings is 1. The van der Waals surface area contributed by atoms with Crippen LogP contribution in [0.3, 0.4) is 0 Å². The van der Waals surface area contributed by atoms with Crippen LogP contribution in [0.1, 0.15) is 6.92 Å². The van der Waals surface area contributed by atoms with E-state index in [9.17, 15) is 9.59 Å². The summed E-state index contributed by atoms with van der Waals surface area (Å²) < 4.78 is 5.19. The average molecular weight is 280 g/mol. The number of carboxylic acids is 1. The monoisotopic (exact) mass is 280 g/mol. The van der Waals surface area contributed by atoms with E-state index in [-0.39, 0.29) is 12.6 Å². The maximum atomic E-state index is 12.3. The minimum Gasteiger partial charge on any atom is -0.480 e. The van der Waals surface area contributed by atoms with Crippen LogP contribution < -0.4 is 4.90 Å². The Morgan fingerprint density at radius 2 is 1.90 bits per heavy atom. The first-order valence-electron chi connectivity index (χ1n) is 6.43. The molecule has 0 unspecified atom stereocenters. The highest BCUT2D eigenvalue weighted by Crippen LogP contribution is 2.14. The number of likely N-dealkylation sites (N-methyl/N-ethyl adjacent to an activating group) is 1. The number of carbonyl (C=O) groups is 2. The van der Waals surface area contributed by atoms with Gasteiger partial charge in [-0.25, -0.2) is 4.79 Å². The van der Waals surface area contributed by atoms with Crippen LogP contribution in [0.2, 0.25) is 0 Å². The van der Waals surface area contributed by atoms with E-state index < -0.39 is 5.97 Å². The van der Waals surface area contributed by atoms with E-state index in [0.29, 0.717) is 25.4 Å².